The molecule has 2 aromatic heterocycles. The number of para-hydroxylation sites is 1. The predicted octanol–water partition coefficient (Wildman–Crippen LogP) is 5.14. The zero-order valence-electron chi connectivity index (χ0n) is 18.4. The zero-order chi connectivity index (χ0) is 25.5. The molecule has 2 N–H and O–H groups in total. The summed E-state index contributed by atoms with van der Waals surface area (Å²) in [6.07, 6.45) is -3.83. The summed E-state index contributed by atoms with van der Waals surface area (Å²) in [5.41, 5.74) is 3.81. The van der Waals surface area contributed by atoms with Gasteiger partial charge in [0.25, 0.3) is 5.91 Å². The Hall–Kier alpha value is -4.80. The van der Waals surface area contributed by atoms with Crippen LogP contribution >= 0.6 is 0 Å². The number of benzene rings is 2. The summed E-state index contributed by atoms with van der Waals surface area (Å²) in [7, 11) is 0. The van der Waals surface area contributed by atoms with Gasteiger partial charge < -0.3 is 13.9 Å². The average Bonchev–Trinajstić information content (AvgIpc) is 3.36. The van der Waals surface area contributed by atoms with Crippen molar-refractivity contribution in [3.8, 4) is 17.4 Å². The fourth-order valence-electron chi connectivity index (χ4n) is 2.90. The Morgan fingerprint density at radius 1 is 0.833 bits per heavy atom. The highest BCUT2D eigenvalue weighted by molar-refractivity contribution is 5.98. The van der Waals surface area contributed by atoms with Crippen LogP contribution in [0.5, 0.6) is 17.4 Å². The van der Waals surface area contributed by atoms with E-state index in [0.717, 1.165) is 12.1 Å². The van der Waals surface area contributed by atoms with Gasteiger partial charge in [0.1, 0.15) is 23.9 Å². The van der Waals surface area contributed by atoms with E-state index >= 15 is 0 Å². The highest BCUT2D eigenvalue weighted by Crippen LogP contribution is 2.30. The Bertz CT molecular complexity index is 1320. The number of hydrogen-bond donors (Lipinski definition) is 2. The third-order valence-electron chi connectivity index (χ3n) is 4.70. The largest absolute Gasteiger partial charge is 0.486 e. The van der Waals surface area contributed by atoms with E-state index in [-0.39, 0.29) is 29.6 Å². The van der Waals surface area contributed by atoms with E-state index < -0.39 is 23.6 Å². The third kappa shape index (κ3) is 6.41. The first-order valence-electron chi connectivity index (χ1n) is 10.5. The molecule has 4 aromatic rings. The molecule has 36 heavy (non-hydrogen) atoms. The molecule has 0 aliphatic carbocycles. The van der Waals surface area contributed by atoms with Crippen LogP contribution in [-0.2, 0) is 12.8 Å². The van der Waals surface area contributed by atoms with Gasteiger partial charge >= 0.3 is 12.1 Å². The fraction of sp³-hybridized carbons (Fsp3) is 0.0800. The Morgan fingerprint density at radius 3 is 2.22 bits per heavy atom. The topological polar surface area (TPSA) is 103 Å². The van der Waals surface area contributed by atoms with Crippen molar-refractivity contribution < 1.29 is 36.7 Å². The number of ether oxygens (including phenoxy) is 2. The smallest absolute Gasteiger partial charge is 0.417 e. The second kappa shape index (κ2) is 10.6. The molecule has 11 heteroatoms. The van der Waals surface area contributed by atoms with Crippen molar-refractivity contribution >= 4 is 11.8 Å². The number of hydrazine groups is 1. The highest BCUT2D eigenvalue weighted by Gasteiger charge is 2.30. The van der Waals surface area contributed by atoms with Crippen LogP contribution in [0.2, 0.25) is 0 Å². The van der Waals surface area contributed by atoms with Gasteiger partial charge in [0, 0.05) is 17.8 Å². The van der Waals surface area contributed by atoms with E-state index in [4.69, 9.17) is 13.9 Å². The third-order valence-corrected chi connectivity index (χ3v) is 4.70. The van der Waals surface area contributed by atoms with Gasteiger partial charge in [-0.15, -0.1) is 0 Å². The molecule has 2 amide bonds. The fourth-order valence-corrected chi connectivity index (χ4v) is 2.90. The summed E-state index contributed by atoms with van der Waals surface area (Å²) in [6, 6.07) is 19.8. The molecular weight excluding hydrogens is 479 g/mol. The normalized spacial score (nSPS) is 11.0. The summed E-state index contributed by atoms with van der Waals surface area (Å²) in [5, 5.41) is 0. The molecule has 0 atom stereocenters. The van der Waals surface area contributed by atoms with Crippen LogP contribution in [0.3, 0.4) is 0 Å². The minimum absolute atomic E-state index is 0.0187. The predicted molar refractivity (Wildman–Crippen MR) is 120 cm³/mol. The Morgan fingerprint density at radius 2 is 1.56 bits per heavy atom. The van der Waals surface area contributed by atoms with Gasteiger partial charge in [-0.25, -0.2) is 4.98 Å². The minimum Gasteiger partial charge on any atom is -0.486 e. The van der Waals surface area contributed by atoms with Crippen molar-refractivity contribution in [2.45, 2.75) is 12.8 Å². The van der Waals surface area contributed by atoms with Crippen LogP contribution in [0, 0.1) is 0 Å². The number of hydrogen-bond acceptors (Lipinski definition) is 6. The van der Waals surface area contributed by atoms with Gasteiger partial charge in [-0.2, -0.15) is 13.2 Å². The number of nitrogens with one attached hydrogen (secondary N) is 2. The molecule has 0 saturated carbocycles. The molecule has 0 unspecified atom stereocenters. The van der Waals surface area contributed by atoms with E-state index in [0.29, 0.717) is 17.7 Å². The molecule has 0 aliphatic heterocycles. The first kappa shape index (κ1) is 24.3. The van der Waals surface area contributed by atoms with Crippen molar-refractivity contribution in [3.63, 3.8) is 0 Å². The number of amides is 2. The Labute approximate surface area is 202 Å². The van der Waals surface area contributed by atoms with Crippen LogP contribution in [0.4, 0.5) is 13.2 Å². The Balaban J connectivity index is 1.26. The van der Waals surface area contributed by atoms with Crippen LogP contribution in [0.15, 0.2) is 89.5 Å². The number of carbonyl (C=O) groups is 2. The standard InChI is InChI=1S/C25H18F3N3O5/c26-25(27,28)17-8-13-22(29-14-17)36-19-9-6-16(7-10-19)23(32)30-31-24(33)21-12-11-20(35-21)15-34-18-4-2-1-3-5-18/h1-14H,15H2,(H,30,32)(H,31,33). The molecule has 184 valence electrons. The molecule has 2 aromatic carbocycles. The Kier molecular flexibility index (Phi) is 7.19. The maximum absolute atomic E-state index is 12.6. The molecule has 0 radical (unpaired) electrons. The second-order valence-electron chi connectivity index (χ2n) is 7.29. The summed E-state index contributed by atoms with van der Waals surface area (Å²) in [5.74, 6) is -0.00469. The van der Waals surface area contributed by atoms with E-state index in [2.05, 4.69) is 15.8 Å². The SMILES string of the molecule is O=C(NNC(=O)c1ccc(COc2ccccc2)o1)c1ccc(Oc2ccc(C(F)(F)F)cn2)cc1. The molecule has 0 spiro atoms. The summed E-state index contributed by atoms with van der Waals surface area (Å²) in [4.78, 5) is 28.2. The number of halogens is 3. The van der Waals surface area contributed by atoms with Gasteiger partial charge in [-0.05, 0) is 54.6 Å². The molecule has 4 rings (SSSR count). The van der Waals surface area contributed by atoms with E-state index in [1.54, 1.807) is 18.2 Å². The van der Waals surface area contributed by atoms with Crippen molar-refractivity contribution in [2.75, 3.05) is 0 Å². The van der Waals surface area contributed by atoms with E-state index in [1.807, 2.05) is 18.2 Å². The zero-order valence-corrected chi connectivity index (χ0v) is 18.4. The first-order valence-corrected chi connectivity index (χ1v) is 10.5. The number of alkyl halides is 3. The van der Waals surface area contributed by atoms with Crippen molar-refractivity contribution in [1.29, 1.82) is 0 Å². The maximum Gasteiger partial charge on any atom is 0.417 e. The van der Waals surface area contributed by atoms with Crippen LogP contribution in [0.25, 0.3) is 0 Å². The molecule has 0 aliphatic rings. The van der Waals surface area contributed by atoms with Crippen molar-refractivity contribution in [3.05, 3.63) is 108 Å². The number of furan rings is 1. The van der Waals surface area contributed by atoms with E-state index in [9.17, 15) is 22.8 Å². The van der Waals surface area contributed by atoms with Crippen molar-refractivity contribution in [1.82, 2.24) is 15.8 Å². The quantitative estimate of drug-likeness (QED) is 0.343. The minimum atomic E-state index is -4.49. The highest BCUT2D eigenvalue weighted by atomic mass is 19.4. The van der Waals surface area contributed by atoms with Gasteiger partial charge in [0.15, 0.2) is 5.76 Å². The molecule has 2 heterocycles. The lowest BCUT2D eigenvalue weighted by Gasteiger charge is -2.09. The number of rotatable bonds is 7. The molecule has 0 bridgehead atoms. The summed E-state index contributed by atoms with van der Waals surface area (Å²) < 4.78 is 54.2. The van der Waals surface area contributed by atoms with Gasteiger partial charge in [-0.3, -0.25) is 20.4 Å². The lowest BCUT2D eigenvalue weighted by atomic mass is 10.2. The van der Waals surface area contributed by atoms with Gasteiger partial charge in [-0.1, -0.05) is 18.2 Å². The lowest BCUT2D eigenvalue weighted by molar-refractivity contribution is -0.137. The summed E-state index contributed by atoms with van der Waals surface area (Å²) in [6.45, 7) is 0.125. The van der Waals surface area contributed by atoms with E-state index in [1.165, 1.54) is 30.3 Å². The molecule has 0 saturated heterocycles. The van der Waals surface area contributed by atoms with Gasteiger partial charge in [0.05, 0.1) is 5.56 Å². The number of nitrogens with zero attached hydrogens (tertiary/aromatic N) is 1. The summed E-state index contributed by atoms with van der Waals surface area (Å²) >= 11 is 0. The maximum atomic E-state index is 12.6. The molecule has 0 fully saturated rings. The average molecular weight is 497 g/mol. The van der Waals surface area contributed by atoms with Crippen LogP contribution in [-0.4, -0.2) is 16.8 Å². The number of pyridine rings is 1. The molecular formula is C25H18F3N3O5. The molecule has 8 nitrogen and oxygen atoms in total. The van der Waals surface area contributed by atoms with Crippen molar-refractivity contribution in [2.24, 2.45) is 0 Å². The van der Waals surface area contributed by atoms with Gasteiger partial charge in [0.2, 0.25) is 5.88 Å². The number of carbonyl (C=O) groups excluding carboxylic acids is 2. The van der Waals surface area contributed by atoms with Crippen LogP contribution in [0.1, 0.15) is 32.2 Å². The lowest BCUT2D eigenvalue weighted by Crippen LogP contribution is -2.41. The number of aromatic nitrogens is 1. The van der Waals surface area contributed by atoms with Crippen LogP contribution < -0.4 is 20.3 Å². The monoisotopic (exact) mass is 497 g/mol. The second-order valence-corrected chi connectivity index (χ2v) is 7.29. The first-order chi connectivity index (χ1) is 17.3.